The molecule has 122 valence electrons. The predicted octanol–water partition coefficient (Wildman–Crippen LogP) is 3.53. The lowest BCUT2D eigenvalue weighted by Crippen LogP contribution is -2.25. The quantitative estimate of drug-likeness (QED) is 0.515. The van der Waals surface area contributed by atoms with E-state index in [0.717, 1.165) is 24.8 Å². The molecule has 0 radical (unpaired) electrons. The first-order valence-corrected chi connectivity index (χ1v) is 8.25. The van der Waals surface area contributed by atoms with E-state index < -0.39 is 6.10 Å². The lowest BCUT2D eigenvalue weighted by molar-refractivity contribution is 0.102. The number of amidine groups is 1. The fourth-order valence-corrected chi connectivity index (χ4v) is 2.99. The Morgan fingerprint density at radius 3 is 2.39 bits per heavy atom. The largest absolute Gasteiger partial charge is 0.392 e. The molecule has 23 heavy (non-hydrogen) atoms. The van der Waals surface area contributed by atoms with Crippen LogP contribution in [-0.2, 0) is 12.8 Å². The van der Waals surface area contributed by atoms with Gasteiger partial charge in [0.2, 0.25) is 0 Å². The van der Waals surface area contributed by atoms with E-state index in [4.69, 9.17) is 11.1 Å². The maximum atomic E-state index is 10.7. The third-order valence-electron chi connectivity index (χ3n) is 4.23. The van der Waals surface area contributed by atoms with E-state index in [2.05, 4.69) is 19.1 Å². The predicted molar refractivity (Wildman–Crippen MR) is 95.7 cm³/mol. The molecule has 3 heteroatoms. The topological polar surface area (TPSA) is 70.1 Å². The van der Waals surface area contributed by atoms with Crippen molar-refractivity contribution in [2.75, 3.05) is 0 Å². The van der Waals surface area contributed by atoms with E-state index in [0.29, 0.717) is 12.0 Å². The van der Waals surface area contributed by atoms with Gasteiger partial charge < -0.3 is 10.8 Å². The summed E-state index contributed by atoms with van der Waals surface area (Å²) < 4.78 is 0. The van der Waals surface area contributed by atoms with Crippen molar-refractivity contribution in [3.05, 3.63) is 71.3 Å². The van der Waals surface area contributed by atoms with Crippen LogP contribution in [0.15, 0.2) is 54.6 Å². The molecule has 0 aromatic heterocycles. The molecule has 2 aromatic rings. The highest BCUT2D eigenvalue weighted by Gasteiger charge is 2.19. The van der Waals surface area contributed by atoms with Gasteiger partial charge in [-0.2, -0.15) is 0 Å². The number of aliphatic hydroxyl groups excluding tert-OH is 1. The zero-order valence-electron chi connectivity index (χ0n) is 13.7. The number of hydrogen-bond donors (Lipinski definition) is 3. The molecule has 0 aliphatic carbocycles. The molecule has 0 spiro atoms. The monoisotopic (exact) mass is 310 g/mol. The highest BCUT2D eigenvalue weighted by molar-refractivity contribution is 5.95. The first-order chi connectivity index (χ1) is 11.1. The minimum atomic E-state index is -0.391. The average Bonchev–Trinajstić information content (AvgIpc) is 2.55. The summed E-state index contributed by atoms with van der Waals surface area (Å²) in [5.74, 6) is 0.305. The summed E-state index contributed by atoms with van der Waals surface area (Å²) in [6, 6.07) is 17.9. The van der Waals surface area contributed by atoms with Gasteiger partial charge in [0.15, 0.2) is 0 Å². The Kier molecular flexibility index (Phi) is 6.36. The number of rotatable bonds is 8. The number of aliphatic hydroxyl groups is 1. The molecule has 2 atom stereocenters. The van der Waals surface area contributed by atoms with E-state index in [1.54, 1.807) is 0 Å². The first kappa shape index (κ1) is 17.2. The Labute approximate surface area is 138 Å². The number of nitrogen functional groups attached to an aromatic ring is 1. The normalized spacial score (nSPS) is 13.5. The molecule has 3 nitrogen and oxygen atoms in total. The SMILES string of the molecule is CCCC(Cc1ccccc1)C(O)Cc1cccc(C(=N)N)c1. The van der Waals surface area contributed by atoms with Gasteiger partial charge in [-0.3, -0.25) is 5.41 Å². The number of hydrogen-bond acceptors (Lipinski definition) is 2. The fourth-order valence-electron chi connectivity index (χ4n) is 2.99. The summed E-state index contributed by atoms with van der Waals surface area (Å²) >= 11 is 0. The molecule has 0 amide bonds. The summed E-state index contributed by atoms with van der Waals surface area (Å²) in [5.41, 5.74) is 8.55. The van der Waals surface area contributed by atoms with Crippen LogP contribution in [0, 0.1) is 11.3 Å². The zero-order valence-corrected chi connectivity index (χ0v) is 13.7. The van der Waals surface area contributed by atoms with E-state index in [-0.39, 0.29) is 11.8 Å². The summed E-state index contributed by atoms with van der Waals surface area (Å²) in [5, 5.41) is 18.2. The number of nitrogens with one attached hydrogen (secondary N) is 1. The van der Waals surface area contributed by atoms with Crippen molar-refractivity contribution in [1.29, 1.82) is 5.41 Å². The summed E-state index contributed by atoms with van der Waals surface area (Å²) in [4.78, 5) is 0. The second-order valence-corrected chi connectivity index (χ2v) is 6.12. The van der Waals surface area contributed by atoms with Crippen molar-refractivity contribution in [1.82, 2.24) is 0 Å². The van der Waals surface area contributed by atoms with Crippen molar-refractivity contribution in [3.63, 3.8) is 0 Å². The van der Waals surface area contributed by atoms with Gasteiger partial charge in [0.25, 0.3) is 0 Å². The molecule has 2 aromatic carbocycles. The fraction of sp³-hybridized carbons (Fsp3) is 0.350. The van der Waals surface area contributed by atoms with Gasteiger partial charge in [-0.15, -0.1) is 0 Å². The van der Waals surface area contributed by atoms with Crippen LogP contribution in [-0.4, -0.2) is 17.0 Å². The second kappa shape index (κ2) is 8.49. The Hall–Kier alpha value is -2.13. The van der Waals surface area contributed by atoms with Crippen molar-refractivity contribution < 1.29 is 5.11 Å². The summed E-state index contributed by atoms with van der Waals surface area (Å²) in [6.07, 6.45) is 3.16. The highest BCUT2D eigenvalue weighted by atomic mass is 16.3. The van der Waals surface area contributed by atoms with Gasteiger partial charge in [0, 0.05) is 5.56 Å². The third-order valence-corrected chi connectivity index (χ3v) is 4.23. The Balaban J connectivity index is 2.07. The molecular formula is C20H26N2O. The lowest BCUT2D eigenvalue weighted by Gasteiger charge is -2.23. The van der Waals surface area contributed by atoms with Crippen LogP contribution in [0.3, 0.4) is 0 Å². The van der Waals surface area contributed by atoms with Gasteiger partial charge in [0.1, 0.15) is 5.84 Å². The Morgan fingerprint density at radius 2 is 1.74 bits per heavy atom. The van der Waals surface area contributed by atoms with Crippen LogP contribution in [0.2, 0.25) is 0 Å². The molecular weight excluding hydrogens is 284 g/mol. The minimum Gasteiger partial charge on any atom is -0.392 e. The van der Waals surface area contributed by atoms with Crippen molar-refractivity contribution in [2.45, 2.75) is 38.7 Å². The van der Waals surface area contributed by atoms with Crippen LogP contribution >= 0.6 is 0 Å². The van der Waals surface area contributed by atoms with Gasteiger partial charge in [-0.25, -0.2) is 0 Å². The maximum absolute atomic E-state index is 10.7. The first-order valence-electron chi connectivity index (χ1n) is 8.25. The second-order valence-electron chi connectivity index (χ2n) is 6.12. The smallest absolute Gasteiger partial charge is 0.122 e. The molecule has 0 bridgehead atoms. The average molecular weight is 310 g/mol. The van der Waals surface area contributed by atoms with Gasteiger partial charge in [-0.05, 0) is 42.4 Å². The summed E-state index contributed by atoms with van der Waals surface area (Å²) in [7, 11) is 0. The van der Waals surface area contributed by atoms with Crippen molar-refractivity contribution in [2.24, 2.45) is 11.7 Å². The molecule has 0 fully saturated rings. The summed E-state index contributed by atoms with van der Waals surface area (Å²) in [6.45, 7) is 2.15. The number of nitrogens with two attached hydrogens (primary N) is 1. The lowest BCUT2D eigenvalue weighted by atomic mass is 9.87. The van der Waals surface area contributed by atoms with E-state index in [9.17, 15) is 5.11 Å². The van der Waals surface area contributed by atoms with Crippen LogP contribution in [0.1, 0.15) is 36.5 Å². The van der Waals surface area contributed by atoms with E-state index in [1.165, 1.54) is 5.56 Å². The molecule has 0 aliphatic rings. The van der Waals surface area contributed by atoms with Crippen LogP contribution in [0.25, 0.3) is 0 Å². The highest BCUT2D eigenvalue weighted by Crippen LogP contribution is 2.21. The van der Waals surface area contributed by atoms with Crippen molar-refractivity contribution in [3.8, 4) is 0 Å². The maximum Gasteiger partial charge on any atom is 0.122 e. The Bertz CT molecular complexity index is 625. The molecule has 2 rings (SSSR count). The van der Waals surface area contributed by atoms with Gasteiger partial charge >= 0.3 is 0 Å². The molecule has 0 heterocycles. The zero-order chi connectivity index (χ0) is 16.7. The van der Waals surface area contributed by atoms with Gasteiger partial charge in [-0.1, -0.05) is 61.9 Å². The van der Waals surface area contributed by atoms with E-state index >= 15 is 0 Å². The molecule has 2 unspecified atom stereocenters. The molecule has 4 N–H and O–H groups in total. The Morgan fingerprint density at radius 1 is 1.04 bits per heavy atom. The van der Waals surface area contributed by atoms with Gasteiger partial charge in [0.05, 0.1) is 6.10 Å². The van der Waals surface area contributed by atoms with Crippen LogP contribution in [0.5, 0.6) is 0 Å². The molecule has 0 aliphatic heterocycles. The van der Waals surface area contributed by atoms with Crippen LogP contribution in [0.4, 0.5) is 0 Å². The molecule has 0 saturated carbocycles. The van der Waals surface area contributed by atoms with Crippen LogP contribution < -0.4 is 5.73 Å². The molecule has 0 saturated heterocycles. The number of benzene rings is 2. The standard InChI is InChI=1S/C20H26N2O/c1-2-7-17(12-15-8-4-3-5-9-15)19(23)14-16-10-6-11-18(13-16)20(21)22/h3-6,8-11,13,17,19,23H,2,7,12,14H2,1H3,(H3,21,22). The minimum absolute atomic E-state index is 0.0655. The van der Waals surface area contributed by atoms with Crippen molar-refractivity contribution >= 4 is 5.84 Å². The third kappa shape index (κ3) is 5.22. The van der Waals surface area contributed by atoms with E-state index in [1.807, 2.05) is 42.5 Å².